The average molecular weight is 209 g/mol. The lowest BCUT2D eigenvalue weighted by molar-refractivity contribution is 0.483. The molecule has 15 heavy (non-hydrogen) atoms. The van der Waals surface area contributed by atoms with Crippen LogP contribution in [0.2, 0.25) is 0 Å². The molecular formula is C13H23NO. The molecule has 0 radical (unpaired) electrons. The minimum absolute atomic E-state index is 0.150. The zero-order chi connectivity index (χ0) is 11.3. The van der Waals surface area contributed by atoms with Crippen LogP contribution in [0.5, 0.6) is 0 Å². The second-order valence-electron chi connectivity index (χ2n) is 4.58. The Morgan fingerprint density at radius 3 is 2.67 bits per heavy atom. The number of aryl methyl sites for hydroxylation is 1. The molecule has 0 aromatic carbocycles. The van der Waals surface area contributed by atoms with Gasteiger partial charge in [0.2, 0.25) is 0 Å². The van der Waals surface area contributed by atoms with Gasteiger partial charge in [0.15, 0.2) is 0 Å². The van der Waals surface area contributed by atoms with E-state index in [-0.39, 0.29) is 6.04 Å². The van der Waals surface area contributed by atoms with Gasteiger partial charge in [-0.1, -0.05) is 33.6 Å². The van der Waals surface area contributed by atoms with Gasteiger partial charge >= 0.3 is 0 Å². The molecule has 0 saturated heterocycles. The molecule has 1 heterocycles. The summed E-state index contributed by atoms with van der Waals surface area (Å²) in [7, 11) is 0. The summed E-state index contributed by atoms with van der Waals surface area (Å²) in [5, 5.41) is 0. The van der Waals surface area contributed by atoms with Crippen LogP contribution in [0.4, 0.5) is 0 Å². The van der Waals surface area contributed by atoms with Gasteiger partial charge < -0.3 is 10.2 Å². The molecule has 2 heteroatoms. The summed E-state index contributed by atoms with van der Waals surface area (Å²) in [6.45, 7) is 6.60. The van der Waals surface area contributed by atoms with Gasteiger partial charge in [0.25, 0.3) is 0 Å². The lowest BCUT2D eigenvalue weighted by Crippen LogP contribution is -2.11. The van der Waals surface area contributed by atoms with Gasteiger partial charge in [-0.3, -0.25) is 0 Å². The molecule has 0 saturated carbocycles. The molecule has 1 rings (SSSR count). The normalized spacial score (nSPS) is 13.4. The molecule has 1 unspecified atom stereocenters. The summed E-state index contributed by atoms with van der Waals surface area (Å²) >= 11 is 0. The number of nitrogens with two attached hydrogens (primary N) is 1. The third-order valence-electron chi connectivity index (χ3n) is 2.80. The van der Waals surface area contributed by atoms with E-state index in [9.17, 15) is 0 Å². The molecular weight excluding hydrogens is 186 g/mol. The molecule has 0 spiro atoms. The van der Waals surface area contributed by atoms with Crippen LogP contribution in [0.15, 0.2) is 16.7 Å². The Labute approximate surface area is 92.9 Å². The van der Waals surface area contributed by atoms with Crippen molar-refractivity contribution < 1.29 is 4.42 Å². The van der Waals surface area contributed by atoms with E-state index >= 15 is 0 Å². The number of hydrogen-bond donors (Lipinski definition) is 1. The minimum atomic E-state index is 0.150. The van der Waals surface area contributed by atoms with Gasteiger partial charge in [-0.25, -0.2) is 0 Å². The van der Waals surface area contributed by atoms with Crippen LogP contribution in [0.3, 0.4) is 0 Å². The summed E-state index contributed by atoms with van der Waals surface area (Å²) in [6.07, 6.45) is 6.20. The topological polar surface area (TPSA) is 39.2 Å². The van der Waals surface area contributed by atoms with Crippen LogP contribution in [-0.4, -0.2) is 0 Å². The third kappa shape index (κ3) is 3.71. The van der Waals surface area contributed by atoms with Crippen LogP contribution in [0.1, 0.15) is 57.4 Å². The van der Waals surface area contributed by atoms with Crippen molar-refractivity contribution >= 4 is 0 Å². The number of furan rings is 1. The molecule has 0 amide bonds. The number of hydrogen-bond acceptors (Lipinski definition) is 2. The van der Waals surface area contributed by atoms with E-state index in [4.69, 9.17) is 10.2 Å². The molecule has 1 atom stereocenters. The Kier molecular flexibility index (Phi) is 4.89. The van der Waals surface area contributed by atoms with Gasteiger partial charge in [0.1, 0.15) is 5.76 Å². The Bertz CT molecular complexity index is 278. The number of rotatable bonds is 6. The molecule has 0 fully saturated rings. The second kappa shape index (κ2) is 5.96. The predicted octanol–water partition coefficient (Wildman–Crippen LogP) is 3.67. The first-order valence-corrected chi connectivity index (χ1v) is 5.97. The van der Waals surface area contributed by atoms with Crippen molar-refractivity contribution in [3.05, 3.63) is 23.7 Å². The monoisotopic (exact) mass is 209 g/mol. The van der Waals surface area contributed by atoms with Gasteiger partial charge in [-0.15, -0.1) is 0 Å². The molecule has 0 aliphatic heterocycles. The van der Waals surface area contributed by atoms with E-state index in [1.54, 1.807) is 6.26 Å². The lowest BCUT2D eigenvalue weighted by Gasteiger charge is -2.12. The van der Waals surface area contributed by atoms with E-state index in [1.807, 2.05) is 6.07 Å². The predicted molar refractivity (Wildman–Crippen MR) is 63.7 cm³/mol. The van der Waals surface area contributed by atoms with Crippen molar-refractivity contribution in [3.63, 3.8) is 0 Å². The quantitative estimate of drug-likeness (QED) is 0.776. The standard InChI is InChI=1S/C13H23NO/c1-4-13-11(8-9-15-13)12(14)7-5-6-10(2)3/h8-10,12H,4-7,14H2,1-3H3. The molecule has 1 aromatic heterocycles. The van der Waals surface area contributed by atoms with E-state index in [0.29, 0.717) is 0 Å². The smallest absolute Gasteiger partial charge is 0.108 e. The largest absolute Gasteiger partial charge is 0.469 e. The zero-order valence-corrected chi connectivity index (χ0v) is 10.1. The van der Waals surface area contributed by atoms with E-state index in [2.05, 4.69) is 20.8 Å². The highest BCUT2D eigenvalue weighted by molar-refractivity contribution is 5.20. The maximum atomic E-state index is 6.14. The Balaban J connectivity index is 2.43. The maximum absolute atomic E-state index is 6.14. The van der Waals surface area contributed by atoms with Crippen LogP contribution < -0.4 is 5.73 Å². The molecule has 2 N–H and O–H groups in total. The summed E-state index contributed by atoms with van der Waals surface area (Å²) in [4.78, 5) is 0. The molecule has 86 valence electrons. The SMILES string of the molecule is CCc1occc1C(N)CCCC(C)C. The van der Waals surface area contributed by atoms with Crippen molar-refractivity contribution in [2.24, 2.45) is 11.7 Å². The Morgan fingerprint density at radius 1 is 1.33 bits per heavy atom. The first kappa shape index (κ1) is 12.3. The van der Waals surface area contributed by atoms with Crippen LogP contribution in [0, 0.1) is 5.92 Å². The van der Waals surface area contributed by atoms with E-state index in [1.165, 1.54) is 18.4 Å². The van der Waals surface area contributed by atoms with Crippen molar-refractivity contribution in [2.45, 2.75) is 52.5 Å². The van der Waals surface area contributed by atoms with Crippen LogP contribution in [-0.2, 0) is 6.42 Å². The van der Waals surface area contributed by atoms with Crippen LogP contribution in [0.25, 0.3) is 0 Å². The fourth-order valence-corrected chi connectivity index (χ4v) is 1.87. The summed E-state index contributed by atoms with van der Waals surface area (Å²) in [6, 6.07) is 2.16. The highest BCUT2D eigenvalue weighted by Gasteiger charge is 2.12. The van der Waals surface area contributed by atoms with Gasteiger partial charge in [-0.2, -0.15) is 0 Å². The zero-order valence-electron chi connectivity index (χ0n) is 10.1. The first-order valence-electron chi connectivity index (χ1n) is 5.97. The van der Waals surface area contributed by atoms with Crippen molar-refractivity contribution in [1.29, 1.82) is 0 Å². The molecule has 2 nitrogen and oxygen atoms in total. The van der Waals surface area contributed by atoms with Gasteiger partial charge in [-0.05, 0) is 18.4 Å². The van der Waals surface area contributed by atoms with Crippen LogP contribution >= 0.6 is 0 Å². The fourth-order valence-electron chi connectivity index (χ4n) is 1.87. The molecule has 0 bridgehead atoms. The summed E-state index contributed by atoms with van der Waals surface area (Å²) in [5.74, 6) is 1.82. The molecule has 1 aromatic rings. The van der Waals surface area contributed by atoms with Crippen molar-refractivity contribution in [2.75, 3.05) is 0 Å². The fraction of sp³-hybridized carbons (Fsp3) is 0.692. The van der Waals surface area contributed by atoms with E-state index in [0.717, 1.165) is 24.5 Å². The summed E-state index contributed by atoms with van der Waals surface area (Å²) in [5.41, 5.74) is 7.34. The average Bonchev–Trinajstić information content (AvgIpc) is 2.64. The maximum Gasteiger partial charge on any atom is 0.108 e. The van der Waals surface area contributed by atoms with E-state index < -0.39 is 0 Å². The van der Waals surface area contributed by atoms with Gasteiger partial charge in [0.05, 0.1) is 6.26 Å². The minimum Gasteiger partial charge on any atom is -0.469 e. The third-order valence-corrected chi connectivity index (χ3v) is 2.80. The highest BCUT2D eigenvalue weighted by atomic mass is 16.3. The second-order valence-corrected chi connectivity index (χ2v) is 4.58. The first-order chi connectivity index (χ1) is 7.15. The van der Waals surface area contributed by atoms with Gasteiger partial charge in [0, 0.05) is 18.0 Å². The summed E-state index contributed by atoms with van der Waals surface area (Å²) < 4.78 is 5.38. The highest BCUT2D eigenvalue weighted by Crippen LogP contribution is 2.23. The Morgan fingerprint density at radius 2 is 2.07 bits per heavy atom. The molecule has 0 aliphatic rings. The van der Waals surface area contributed by atoms with Crippen molar-refractivity contribution in [3.8, 4) is 0 Å². The molecule has 0 aliphatic carbocycles. The lowest BCUT2D eigenvalue weighted by atomic mass is 9.98. The van der Waals surface area contributed by atoms with Crippen molar-refractivity contribution in [1.82, 2.24) is 0 Å². The Hall–Kier alpha value is -0.760.